The van der Waals surface area contributed by atoms with Gasteiger partial charge in [-0.2, -0.15) is 0 Å². The maximum atomic E-state index is 15.0. The van der Waals surface area contributed by atoms with E-state index in [1.807, 2.05) is 18.2 Å². The third kappa shape index (κ3) is 14.6. The number of nitrogens with one attached hydrogen (secondary N) is 6. The number of para-hydroxylation sites is 1. The van der Waals surface area contributed by atoms with Gasteiger partial charge in [0, 0.05) is 68.8 Å². The van der Waals surface area contributed by atoms with Gasteiger partial charge in [-0.25, -0.2) is 13.2 Å². The molecule has 2 fully saturated rings. The fraction of sp³-hybridized carbons (Fsp3) is 0.474. The van der Waals surface area contributed by atoms with Crippen LogP contribution >= 0.6 is 37.2 Å². The Labute approximate surface area is 484 Å². The topological polar surface area (TPSA) is 197 Å². The van der Waals surface area contributed by atoms with Crippen molar-refractivity contribution in [1.29, 1.82) is 0 Å². The number of nitrogens with zero attached hydrogens (tertiary/aromatic N) is 4. The zero-order valence-electron chi connectivity index (χ0n) is 46.3. The Bertz CT molecular complexity index is 2880. The molecule has 23 heteroatoms. The van der Waals surface area contributed by atoms with E-state index < -0.39 is 82.4 Å². The van der Waals surface area contributed by atoms with Crippen molar-refractivity contribution in [2.45, 2.75) is 103 Å². The number of anilines is 3. The Morgan fingerprint density at radius 1 is 0.875 bits per heavy atom. The van der Waals surface area contributed by atoms with Gasteiger partial charge in [0.15, 0.2) is 0 Å². The number of hydrogen-bond donors (Lipinski definition) is 6. The molecule has 6 N–H and O–H groups in total. The summed E-state index contributed by atoms with van der Waals surface area (Å²) in [6, 6.07) is 16.8. The molecule has 4 aromatic rings. The lowest BCUT2D eigenvalue weighted by Gasteiger charge is -2.43. The van der Waals surface area contributed by atoms with E-state index in [-0.39, 0.29) is 98.0 Å². The molecule has 3 unspecified atom stereocenters. The van der Waals surface area contributed by atoms with Gasteiger partial charge in [0.25, 0.3) is 5.91 Å². The van der Waals surface area contributed by atoms with Crippen LogP contribution in [0.4, 0.5) is 30.2 Å². The van der Waals surface area contributed by atoms with Gasteiger partial charge in [-0.05, 0) is 117 Å². The Morgan fingerprint density at radius 3 is 2.23 bits per heavy atom. The summed E-state index contributed by atoms with van der Waals surface area (Å²) in [5.74, 6) is -5.77. The maximum absolute atomic E-state index is 15.0. The lowest BCUT2D eigenvalue weighted by molar-refractivity contribution is -0.144. The molecular formula is C57H74Cl3F3N10O7. The van der Waals surface area contributed by atoms with E-state index in [0.29, 0.717) is 49.5 Å². The van der Waals surface area contributed by atoms with Crippen molar-refractivity contribution in [1.82, 2.24) is 36.0 Å². The highest BCUT2D eigenvalue weighted by Crippen LogP contribution is 2.43. The Balaban J connectivity index is 0.00000392. The van der Waals surface area contributed by atoms with Crippen LogP contribution in [0.3, 0.4) is 0 Å². The summed E-state index contributed by atoms with van der Waals surface area (Å²) >= 11 is 0. The van der Waals surface area contributed by atoms with Gasteiger partial charge in [0.05, 0.1) is 37.8 Å². The lowest BCUT2D eigenvalue weighted by atomic mass is 9.83. The van der Waals surface area contributed by atoms with Crippen LogP contribution in [0.25, 0.3) is 0 Å². The summed E-state index contributed by atoms with van der Waals surface area (Å²) in [5, 5.41) is 17.1. The number of carbonyl (C=O) groups is 6. The van der Waals surface area contributed by atoms with Crippen molar-refractivity contribution in [3.05, 3.63) is 124 Å². The Morgan fingerprint density at radius 2 is 1.56 bits per heavy atom. The van der Waals surface area contributed by atoms with E-state index >= 15 is 0 Å². The molecule has 4 aliphatic heterocycles. The van der Waals surface area contributed by atoms with Crippen molar-refractivity contribution >= 4 is 89.7 Å². The largest absolute Gasteiger partial charge is 0.379 e. The zero-order valence-corrected chi connectivity index (χ0v) is 48.7. The van der Waals surface area contributed by atoms with Gasteiger partial charge in [-0.1, -0.05) is 57.2 Å². The van der Waals surface area contributed by atoms with Gasteiger partial charge in [0.1, 0.15) is 35.2 Å². The standard InChI is InChI=1S/C57H71F3N10O7.3ClH/c1-33-27-68(41(25-62-33)29-67-20-21-77-31-34(67)2)30-48(72)70-32-57(7,43-19-14-37(23-46(43)70)22-36-12-16-39(58)17-13-36)55(76)63-26-47(71)64-40-18-15-38-28-69(54(75)51(56(4,5)6)66-52(73)35(3)61-8)50(42(38)24-40)53(74)65-49-44(59)10-9-11-45(49)60;;;/h9-19,23-24,33-35,41,50-51,61-62H,20-22,25-32H2,1-8H3,(H,63,76)(H,64,71)(H,65,74)(H,66,73);3*1H/t33?,34-,35?,41-,50+,51?,57-;;;/m1.../s1. The van der Waals surface area contributed by atoms with Crippen LogP contribution in [0.15, 0.2) is 78.9 Å². The molecule has 4 heterocycles. The van der Waals surface area contributed by atoms with Gasteiger partial charge in [-0.3, -0.25) is 38.6 Å². The number of ether oxygens (including phenoxy) is 1. The molecule has 4 aromatic carbocycles. The molecular weight excluding hydrogens is 1100 g/mol. The maximum Gasteiger partial charge on any atom is 0.252 e. The molecule has 8 rings (SSSR count). The molecule has 0 saturated carbocycles. The number of likely N-dealkylation sites (N-methyl/N-ethyl adjacent to an activating group) is 1. The van der Waals surface area contributed by atoms with E-state index in [4.69, 9.17) is 4.74 Å². The van der Waals surface area contributed by atoms with Crippen molar-refractivity contribution in [3.8, 4) is 0 Å². The Kier molecular flexibility index (Phi) is 22.2. The minimum Gasteiger partial charge on any atom is -0.379 e. The number of halogens is 6. The predicted octanol–water partition coefficient (Wildman–Crippen LogP) is 5.86. The first kappa shape index (κ1) is 65.0. The van der Waals surface area contributed by atoms with Crippen molar-refractivity contribution in [3.63, 3.8) is 0 Å². The Hall–Kier alpha value is -5.84. The van der Waals surface area contributed by atoms with Gasteiger partial charge in [-0.15, -0.1) is 37.2 Å². The van der Waals surface area contributed by atoms with Crippen molar-refractivity contribution < 1.29 is 46.7 Å². The van der Waals surface area contributed by atoms with E-state index in [1.165, 1.54) is 23.1 Å². The SMILES string of the molecule is CNC(C)C(=O)NC(C(=O)N1Cc2ccc(NC(=O)CNC(=O)[C@]3(C)CN(C(=O)CN4CC(C)NC[C@@H]4CN4CCOC[C@H]4C)c4cc(Cc5ccc(F)cc5)ccc43)cc2[C@H]1C(=O)Nc1c(F)cccc1F)C(C)(C)C.Cl.Cl.Cl. The molecule has 4 aliphatic rings. The first-order chi connectivity index (χ1) is 36.5. The molecule has 0 spiro atoms. The van der Waals surface area contributed by atoms with Crippen LogP contribution in [0.1, 0.15) is 82.3 Å². The van der Waals surface area contributed by atoms with E-state index in [0.717, 1.165) is 42.4 Å². The second-order valence-corrected chi connectivity index (χ2v) is 22.2. The molecule has 0 radical (unpaired) electrons. The average Bonchev–Trinajstić information content (AvgIpc) is 3.93. The monoisotopic (exact) mass is 1170 g/mol. The van der Waals surface area contributed by atoms with Crippen molar-refractivity contribution in [2.75, 3.05) is 81.6 Å². The van der Waals surface area contributed by atoms with Crippen LogP contribution in [-0.2, 0) is 51.9 Å². The van der Waals surface area contributed by atoms with E-state index in [1.54, 1.807) is 70.8 Å². The molecule has 80 heavy (non-hydrogen) atoms. The highest BCUT2D eigenvalue weighted by Gasteiger charge is 2.48. The van der Waals surface area contributed by atoms with Gasteiger partial charge < -0.3 is 46.4 Å². The molecule has 2 saturated heterocycles. The molecule has 436 valence electrons. The zero-order chi connectivity index (χ0) is 55.5. The number of fused-ring (bicyclic) bond motifs is 2. The number of amides is 6. The molecule has 7 atom stereocenters. The van der Waals surface area contributed by atoms with Crippen LogP contribution in [0, 0.1) is 22.9 Å². The minimum absolute atomic E-state index is 0. The third-order valence-electron chi connectivity index (χ3n) is 15.3. The number of piperazine rings is 1. The smallest absolute Gasteiger partial charge is 0.252 e. The highest BCUT2D eigenvalue weighted by atomic mass is 35.5. The summed E-state index contributed by atoms with van der Waals surface area (Å²) < 4.78 is 49.5. The number of benzene rings is 4. The fourth-order valence-electron chi connectivity index (χ4n) is 10.7. The minimum atomic E-state index is -1.46. The van der Waals surface area contributed by atoms with Crippen LogP contribution in [0.5, 0.6) is 0 Å². The first-order valence-corrected chi connectivity index (χ1v) is 26.3. The second kappa shape index (κ2) is 27.3. The molecule has 0 aliphatic carbocycles. The number of rotatable bonds is 16. The molecule has 0 bridgehead atoms. The summed E-state index contributed by atoms with van der Waals surface area (Å²) in [5.41, 5.74) is 0.985. The average molecular weight is 1170 g/mol. The first-order valence-electron chi connectivity index (χ1n) is 26.3. The van der Waals surface area contributed by atoms with Crippen LogP contribution in [0.2, 0.25) is 0 Å². The number of morpholine rings is 1. The second-order valence-electron chi connectivity index (χ2n) is 22.2. The quantitative estimate of drug-likeness (QED) is 0.0787. The number of hydrogen-bond acceptors (Lipinski definition) is 11. The molecule has 6 amide bonds. The molecule has 17 nitrogen and oxygen atoms in total. The normalized spacial score (nSPS) is 21.5. The summed E-state index contributed by atoms with van der Waals surface area (Å²) in [6.07, 6.45) is 0.451. The van der Waals surface area contributed by atoms with Crippen molar-refractivity contribution in [2.24, 2.45) is 5.41 Å². The lowest BCUT2D eigenvalue weighted by Crippen LogP contribution is -2.62. The van der Waals surface area contributed by atoms with Gasteiger partial charge >= 0.3 is 0 Å². The van der Waals surface area contributed by atoms with Gasteiger partial charge in [0.2, 0.25) is 29.5 Å². The molecule has 0 aromatic heterocycles. The summed E-state index contributed by atoms with van der Waals surface area (Å²) in [7, 11) is 1.60. The summed E-state index contributed by atoms with van der Waals surface area (Å²) in [6.45, 7) is 16.5. The highest BCUT2D eigenvalue weighted by molar-refractivity contribution is 6.05. The van der Waals surface area contributed by atoms with Crippen LogP contribution in [-0.4, -0.2) is 146 Å². The van der Waals surface area contributed by atoms with E-state index in [9.17, 15) is 41.9 Å². The summed E-state index contributed by atoms with van der Waals surface area (Å²) in [4.78, 5) is 92.6. The number of carbonyl (C=O) groups excluding carboxylic acids is 6. The fourth-order valence-corrected chi connectivity index (χ4v) is 10.7. The predicted molar refractivity (Wildman–Crippen MR) is 308 cm³/mol. The van der Waals surface area contributed by atoms with E-state index in [2.05, 4.69) is 55.5 Å². The van der Waals surface area contributed by atoms with Crippen LogP contribution < -0.4 is 36.8 Å². The third-order valence-corrected chi connectivity index (χ3v) is 15.3.